The number of piperidine rings is 1. The lowest BCUT2D eigenvalue weighted by Gasteiger charge is -2.48. The molecule has 2 N–H and O–H groups in total. The van der Waals surface area contributed by atoms with Crippen LogP contribution in [0, 0.1) is 17.8 Å². The lowest BCUT2D eigenvalue weighted by molar-refractivity contribution is 0.0276. The highest BCUT2D eigenvalue weighted by Crippen LogP contribution is 2.34. The minimum atomic E-state index is 0.356. The van der Waals surface area contributed by atoms with E-state index in [9.17, 15) is 5.11 Å². The molecule has 0 aromatic carbocycles. The van der Waals surface area contributed by atoms with Crippen LogP contribution in [0.3, 0.4) is 0 Å². The summed E-state index contributed by atoms with van der Waals surface area (Å²) in [5, 5.41) is 13.2. The Bertz CT molecular complexity index is 310. The molecule has 3 fully saturated rings. The van der Waals surface area contributed by atoms with Crippen LogP contribution >= 0.6 is 0 Å². The highest BCUT2D eigenvalue weighted by molar-refractivity contribution is 4.92. The molecule has 1 heterocycles. The van der Waals surface area contributed by atoms with E-state index in [4.69, 9.17) is 0 Å². The third-order valence-corrected chi connectivity index (χ3v) is 6.14. The molecule has 0 aromatic heterocycles. The fourth-order valence-corrected chi connectivity index (χ4v) is 4.78. The van der Waals surface area contributed by atoms with E-state index in [-0.39, 0.29) is 0 Å². The number of nitrogens with zero attached hydrogens (tertiary/aromatic N) is 1. The second-order valence-corrected chi connectivity index (χ2v) is 8.05. The highest BCUT2D eigenvalue weighted by Gasteiger charge is 2.36. The first-order chi connectivity index (χ1) is 10.2. The molecule has 0 amide bonds. The van der Waals surface area contributed by atoms with Crippen molar-refractivity contribution in [1.29, 1.82) is 0 Å². The van der Waals surface area contributed by atoms with Gasteiger partial charge in [-0.15, -0.1) is 0 Å². The first kappa shape index (κ1) is 15.8. The molecule has 21 heavy (non-hydrogen) atoms. The molecule has 2 saturated carbocycles. The van der Waals surface area contributed by atoms with Crippen molar-refractivity contribution >= 4 is 0 Å². The molecule has 2 atom stereocenters. The summed E-state index contributed by atoms with van der Waals surface area (Å²) in [6.07, 6.45) is 10.8. The quantitative estimate of drug-likeness (QED) is 0.790. The van der Waals surface area contributed by atoms with Gasteiger partial charge < -0.3 is 10.4 Å². The smallest absolute Gasteiger partial charge is 0.0434 e. The first-order valence-electron chi connectivity index (χ1n) is 9.33. The van der Waals surface area contributed by atoms with E-state index in [2.05, 4.69) is 17.1 Å². The molecule has 3 rings (SSSR count). The van der Waals surface area contributed by atoms with E-state index in [0.717, 1.165) is 24.3 Å². The van der Waals surface area contributed by atoms with Gasteiger partial charge in [-0.2, -0.15) is 0 Å². The number of hydrogen-bond donors (Lipinski definition) is 2. The molecule has 3 heteroatoms. The van der Waals surface area contributed by atoms with Crippen LogP contribution in [0.5, 0.6) is 0 Å². The van der Waals surface area contributed by atoms with Crippen molar-refractivity contribution in [1.82, 2.24) is 10.2 Å². The van der Waals surface area contributed by atoms with Crippen LogP contribution < -0.4 is 5.32 Å². The Labute approximate surface area is 130 Å². The van der Waals surface area contributed by atoms with E-state index in [1.54, 1.807) is 0 Å². The van der Waals surface area contributed by atoms with E-state index in [0.29, 0.717) is 18.6 Å². The van der Waals surface area contributed by atoms with Gasteiger partial charge in [0.05, 0.1) is 0 Å². The molecule has 3 nitrogen and oxygen atoms in total. The van der Waals surface area contributed by atoms with Crippen molar-refractivity contribution in [3.8, 4) is 0 Å². The largest absolute Gasteiger partial charge is 0.396 e. The summed E-state index contributed by atoms with van der Waals surface area (Å²) in [5.74, 6) is 2.55. The number of hydrogen-bond acceptors (Lipinski definition) is 3. The van der Waals surface area contributed by atoms with Crippen LogP contribution in [-0.2, 0) is 0 Å². The standard InChI is InChI=1S/C18H34N2O/c1-14-8-18(9-14)20-12-16(6-7-21)10-17(13-20)19-11-15-4-2-3-5-15/h14-19,21H,2-13H2,1H3. The van der Waals surface area contributed by atoms with Crippen molar-refractivity contribution in [3.05, 3.63) is 0 Å². The molecule has 0 spiro atoms. The van der Waals surface area contributed by atoms with Crippen molar-refractivity contribution in [2.45, 2.75) is 70.4 Å². The molecule has 3 aliphatic rings. The molecule has 0 radical (unpaired) electrons. The topological polar surface area (TPSA) is 35.5 Å². The number of aliphatic hydroxyl groups excluding tert-OH is 1. The van der Waals surface area contributed by atoms with Gasteiger partial charge in [0.25, 0.3) is 0 Å². The lowest BCUT2D eigenvalue weighted by Crippen LogP contribution is -2.56. The van der Waals surface area contributed by atoms with Crippen molar-refractivity contribution in [2.75, 3.05) is 26.2 Å². The number of likely N-dealkylation sites (tertiary alicyclic amines) is 1. The minimum Gasteiger partial charge on any atom is -0.396 e. The van der Waals surface area contributed by atoms with E-state index < -0.39 is 0 Å². The maximum atomic E-state index is 9.31. The SMILES string of the molecule is CC1CC(N2CC(CCO)CC(NCC3CCCC3)C2)C1. The van der Waals surface area contributed by atoms with Gasteiger partial charge >= 0.3 is 0 Å². The Balaban J connectivity index is 1.49. The zero-order chi connectivity index (χ0) is 14.7. The zero-order valence-electron chi connectivity index (χ0n) is 13.8. The van der Waals surface area contributed by atoms with Gasteiger partial charge in [-0.1, -0.05) is 19.8 Å². The summed E-state index contributed by atoms with van der Waals surface area (Å²) in [6.45, 7) is 6.42. The number of nitrogens with one attached hydrogen (secondary N) is 1. The van der Waals surface area contributed by atoms with E-state index in [1.165, 1.54) is 64.6 Å². The van der Waals surface area contributed by atoms with Gasteiger partial charge in [-0.05, 0) is 62.8 Å². The molecule has 1 saturated heterocycles. The second kappa shape index (κ2) is 7.43. The van der Waals surface area contributed by atoms with Gasteiger partial charge in [-0.3, -0.25) is 4.90 Å². The van der Waals surface area contributed by atoms with Crippen LogP contribution in [0.25, 0.3) is 0 Å². The van der Waals surface area contributed by atoms with Crippen LogP contribution in [0.15, 0.2) is 0 Å². The molecular weight excluding hydrogens is 260 g/mol. The Morgan fingerprint density at radius 3 is 2.48 bits per heavy atom. The fraction of sp³-hybridized carbons (Fsp3) is 1.00. The minimum absolute atomic E-state index is 0.356. The van der Waals surface area contributed by atoms with Crippen molar-refractivity contribution in [3.63, 3.8) is 0 Å². The summed E-state index contributed by atoms with van der Waals surface area (Å²) >= 11 is 0. The zero-order valence-corrected chi connectivity index (χ0v) is 13.8. The molecule has 0 bridgehead atoms. The fourth-order valence-electron chi connectivity index (χ4n) is 4.78. The summed E-state index contributed by atoms with van der Waals surface area (Å²) in [6, 6.07) is 1.49. The monoisotopic (exact) mass is 294 g/mol. The first-order valence-corrected chi connectivity index (χ1v) is 9.33. The lowest BCUT2D eigenvalue weighted by atomic mass is 9.78. The number of rotatable bonds is 6. The van der Waals surface area contributed by atoms with Crippen molar-refractivity contribution in [2.24, 2.45) is 17.8 Å². The van der Waals surface area contributed by atoms with Gasteiger partial charge in [0.1, 0.15) is 0 Å². The van der Waals surface area contributed by atoms with Crippen LogP contribution in [0.4, 0.5) is 0 Å². The van der Waals surface area contributed by atoms with E-state index in [1.807, 2.05) is 0 Å². The summed E-state index contributed by atoms with van der Waals surface area (Å²) in [7, 11) is 0. The van der Waals surface area contributed by atoms with Crippen LogP contribution in [0.2, 0.25) is 0 Å². The predicted molar refractivity (Wildman–Crippen MR) is 87.3 cm³/mol. The Morgan fingerprint density at radius 2 is 1.81 bits per heavy atom. The third kappa shape index (κ3) is 4.20. The molecule has 0 aromatic rings. The average Bonchev–Trinajstić information content (AvgIpc) is 2.95. The summed E-state index contributed by atoms with van der Waals surface area (Å²) in [5.41, 5.74) is 0. The Kier molecular flexibility index (Phi) is 5.58. The predicted octanol–water partition coefficient (Wildman–Crippen LogP) is 2.64. The normalized spacial score (nSPS) is 38.6. The van der Waals surface area contributed by atoms with Crippen LogP contribution in [-0.4, -0.2) is 48.3 Å². The van der Waals surface area contributed by atoms with Gasteiger partial charge in [-0.25, -0.2) is 0 Å². The van der Waals surface area contributed by atoms with Crippen molar-refractivity contribution < 1.29 is 5.11 Å². The molecule has 1 aliphatic heterocycles. The van der Waals surface area contributed by atoms with Gasteiger partial charge in [0.2, 0.25) is 0 Å². The highest BCUT2D eigenvalue weighted by atomic mass is 16.3. The maximum Gasteiger partial charge on any atom is 0.0434 e. The van der Waals surface area contributed by atoms with E-state index >= 15 is 0 Å². The maximum absolute atomic E-state index is 9.31. The summed E-state index contributed by atoms with van der Waals surface area (Å²) in [4.78, 5) is 2.73. The van der Waals surface area contributed by atoms with Crippen LogP contribution in [0.1, 0.15) is 58.3 Å². The second-order valence-electron chi connectivity index (χ2n) is 8.05. The number of aliphatic hydroxyl groups is 1. The molecule has 2 aliphatic carbocycles. The summed E-state index contributed by atoms with van der Waals surface area (Å²) < 4.78 is 0. The molecular formula is C18H34N2O. The Hall–Kier alpha value is -0.120. The third-order valence-electron chi connectivity index (χ3n) is 6.14. The molecule has 122 valence electrons. The van der Waals surface area contributed by atoms with Gasteiger partial charge in [0.15, 0.2) is 0 Å². The average molecular weight is 294 g/mol. The van der Waals surface area contributed by atoms with Gasteiger partial charge in [0, 0.05) is 31.8 Å². The Morgan fingerprint density at radius 1 is 1.05 bits per heavy atom. The molecule has 2 unspecified atom stereocenters.